The first kappa shape index (κ1) is 36.3. The number of anilines is 1. The molecular weight excluding hydrogens is 562 g/mol. The summed E-state index contributed by atoms with van der Waals surface area (Å²) in [5, 5.41) is 28.0. The topological polar surface area (TPSA) is 110 Å². The Labute approximate surface area is 262 Å². The average molecular weight is 612 g/mol. The molecule has 236 valence electrons. The summed E-state index contributed by atoms with van der Waals surface area (Å²) in [5.41, 5.74) is 3.79. The highest BCUT2D eigenvalue weighted by atomic mass is 32.1. The van der Waals surface area contributed by atoms with E-state index in [4.69, 9.17) is 14.2 Å². The predicted molar refractivity (Wildman–Crippen MR) is 174 cm³/mol. The number of hydrogen-bond donors (Lipinski definition) is 0. The Hall–Kier alpha value is -2.90. The van der Waals surface area contributed by atoms with E-state index in [9.17, 15) is 10.5 Å². The maximum atomic E-state index is 9.50. The Morgan fingerprint density at radius 3 is 1.74 bits per heavy atom. The van der Waals surface area contributed by atoms with Crippen LogP contribution in [0.5, 0.6) is 0 Å². The van der Waals surface area contributed by atoms with Crippen molar-refractivity contribution in [2.45, 2.75) is 41.5 Å². The summed E-state index contributed by atoms with van der Waals surface area (Å²) in [6.45, 7) is 23.6. The van der Waals surface area contributed by atoms with Crippen molar-refractivity contribution in [1.29, 1.82) is 10.5 Å². The van der Waals surface area contributed by atoms with Gasteiger partial charge in [-0.05, 0) is 69.4 Å². The lowest BCUT2D eigenvalue weighted by atomic mass is 10.1. The van der Waals surface area contributed by atoms with E-state index in [1.165, 1.54) is 11.3 Å². The molecule has 0 aliphatic carbocycles. The SMILES string of the molecule is CCN(CC)CCOCCOCCN(CCOCCN(CC)CC)c1ccc(N=Nc2sc(C#N)c(C)c2C#N)c(C)c1. The van der Waals surface area contributed by atoms with Gasteiger partial charge in [0.25, 0.3) is 0 Å². The number of nitrogens with zero attached hydrogens (tertiary/aromatic N) is 7. The van der Waals surface area contributed by atoms with Gasteiger partial charge in [-0.15, -0.1) is 21.6 Å². The van der Waals surface area contributed by atoms with E-state index in [1.54, 1.807) is 6.92 Å². The zero-order chi connectivity index (χ0) is 31.5. The van der Waals surface area contributed by atoms with Crippen LogP contribution >= 0.6 is 11.3 Å². The second kappa shape index (κ2) is 20.9. The maximum absolute atomic E-state index is 9.50. The van der Waals surface area contributed by atoms with E-state index < -0.39 is 0 Å². The van der Waals surface area contributed by atoms with Crippen molar-refractivity contribution in [3.8, 4) is 12.1 Å². The van der Waals surface area contributed by atoms with Crippen molar-refractivity contribution in [3.63, 3.8) is 0 Å². The minimum atomic E-state index is 0.404. The Kier molecular flexibility index (Phi) is 17.6. The van der Waals surface area contributed by atoms with Crippen LogP contribution in [0.3, 0.4) is 0 Å². The number of ether oxygens (including phenoxy) is 3. The van der Waals surface area contributed by atoms with Gasteiger partial charge in [0, 0.05) is 31.9 Å². The molecule has 0 N–H and O–H groups in total. The summed E-state index contributed by atoms with van der Waals surface area (Å²) in [7, 11) is 0. The molecule has 0 bridgehead atoms. The van der Waals surface area contributed by atoms with Crippen LogP contribution in [0.25, 0.3) is 0 Å². The number of hydrogen-bond acceptors (Lipinski definition) is 11. The quantitative estimate of drug-likeness (QED) is 0.117. The molecule has 0 radical (unpaired) electrons. The summed E-state index contributed by atoms with van der Waals surface area (Å²) in [6, 6.07) is 10.3. The Morgan fingerprint density at radius 2 is 1.26 bits per heavy atom. The zero-order valence-corrected chi connectivity index (χ0v) is 27.7. The molecule has 10 nitrogen and oxygen atoms in total. The van der Waals surface area contributed by atoms with Gasteiger partial charge in [0.2, 0.25) is 0 Å². The number of nitriles is 2. The second-order valence-electron chi connectivity index (χ2n) is 10.0. The minimum Gasteiger partial charge on any atom is -0.378 e. The van der Waals surface area contributed by atoms with E-state index in [0.717, 1.165) is 63.6 Å². The highest BCUT2D eigenvalue weighted by Crippen LogP contribution is 2.36. The number of likely N-dealkylation sites (N-methyl/N-ethyl adjacent to an activating group) is 2. The van der Waals surface area contributed by atoms with Crippen LogP contribution in [-0.2, 0) is 14.2 Å². The zero-order valence-electron chi connectivity index (χ0n) is 26.9. The standard InChI is InChI=1S/C32H49N7O3S/c1-7-37(8-2)13-17-40-19-15-39(16-20-42-22-21-41-18-14-38(9-3)10-4)28-11-12-30(26(5)23-28)35-36-32-29(24-33)27(6)31(25-34)43-32/h11-12,23H,7-10,13-22H2,1-6H3. The van der Waals surface area contributed by atoms with E-state index in [-0.39, 0.29) is 0 Å². The normalized spacial score (nSPS) is 11.5. The Balaban J connectivity index is 2.00. The van der Waals surface area contributed by atoms with E-state index >= 15 is 0 Å². The molecule has 43 heavy (non-hydrogen) atoms. The van der Waals surface area contributed by atoms with Gasteiger partial charge in [0.1, 0.15) is 17.0 Å². The van der Waals surface area contributed by atoms with Gasteiger partial charge in [-0.1, -0.05) is 27.7 Å². The van der Waals surface area contributed by atoms with Gasteiger partial charge >= 0.3 is 0 Å². The average Bonchev–Trinajstić information content (AvgIpc) is 3.34. The highest BCUT2D eigenvalue weighted by molar-refractivity contribution is 7.16. The summed E-state index contributed by atoms with van der Waals surface area (Å²) in [6.07, 6.45) is 0. The Morgan fingerprint density at radius 1 is 0.721 bits per heavy atom. The van der Waals surface area contributed by atoms with E-state index in [1.807, 2.05) is 19.1 Å². The third-order valence-electron chi connectivity index (χ3n) is 7.41. The molecule has 0 fully saturated rings. The lowest BCUT2D eigenvalue weighted by molar-refractivity contribution is 0.0413. The molecule has 1 heterocycles. The fraction of sp³-hybridized carbons (Fsp3) is 0.625. The van der Waals surface area contributed by atoms with Crippen molar-refractivity contribution in [2.24, 2.45) is 10.2 Å². The molecule has 2 rings (SSSR count). The first-order valence-electron chi connectivity index (χ1n) is 15.3. The third kappa shape index (κ3) is 12.3. The number of rotatable bonds is 22. The molecular formula is C32H49N7O3S. The molecule has 11 heteroatoms. The van der Waals surface area contributed by atoms with Crippen LogP contribution in [0.2, 0.25) is 0 Å². The van der Waals surface area contributed by atoms with Gasteiger partial charge in [0.15, 0.2) is 5.00 Å². The molecule has 1 aromatic carbocycles. The van der Waals surface area contributed by atoms with Gasteiger partial charge in [-0.25, -0.2) is 0 Å². The lowest BCUT2D eigenvalue weighted by Crippen LogP contribution is -2.32. The molecule has 0 saturated carbocycles. The van der Waals surface area contributed by atoms with Crippen LogP contribution in [-0.4, -0.2) is 102 Å². The molecule has 0 aliphatic rings. The van der Waals surface area contributed by atoms with Crippen molar-refractivity contribution >= 4 is 27.7 Å². The summed E-state index contributed by atoms with van der Waals surface area (Å²) >= 11 is 1.19. The smallest absolute Gasteiger partial charge is 0.158 e. The van der Waals surface area contributed by atoms with Gasteiger partial charge in [-0.3, -0.25) is 0 Å². The first-order valence-corrected chi connectivity index (χ1v) is 16.1. The van der Waals surface area contributed by atoms with Crippen LogP contribution in [0.15, 0.2) is 28.4 Å². The number of aryl methyl sites for hydroxylation is 1. The molecule has 0 aliphatic heterocycles. The van der Waals surface area contributed by atoms with Crippen molar-refractivity contribution in [3.05, 3.63) is 39.8 Å². The fourth-order valence-corrected chi connectivity index (χ4v) is 5.34. The maximum Gasteiger partial charge on any atom is 0.158 e. The van der Waals surface area contributed by atoms with Crippen LogP contribution in [0.1, 0.15) is 49.3 Å². The lowest BCUT2D eigenvalue weighted by Gasteiger charge is -2.26. The van der Waals surface area contributed by atoms with Crippen molar-refractivity contribution < 1.29 is 14.2 Å². The summed E-state index contributed by atoms with van der Waals surface area (Å²) in [4.78, 5) is 7.45. The third-order valence-corrected chi connectivity index (χ3v) is 8.49. The number of azo groups is 1. The van der Waals surface area contributed by atoms with Gasteiger partial charge in [-0.2, -0.15) is 10.5 Å². The number of thiophene rings is 1. The Bertz CT molecular complexity index is 1200. The first-order chi connectivity index (χ1) is 20.9. The monoisotopic (exact) mass is 611 g/mol. The minimum absolute atomic E-state index is 0.404. The molecule has 0 atom stereocenters. The van der Waals surface area contributed by atoms with E-state index in [0.29, 0.717) is 66.3 Å². The van der Waals surface area contributed by atoms with Gasteiger partial charge < -0.3 is 28.9 Å². The van der Waals surface area contributed by atoms with Crippen molar-refractivity contribution in [1.82, 2.24) is 9.80 Å². The molecule has 0 amide bonds. The fourth-order valence-electron chi connectivity index (χ4n) is 4.47. The second-order valence-corrected chi connectivity index (χ2v) is 11.0. The van der Waals surface area contributed by atoms with Crippen LogP contribution < -0.4 is 4.90 Å². The highest BCUT2D eigenvalue weighted by Gasteiger charge is 2.15. The van der Waals surface area contributed by atoms with Crippen molar-refractivity contribution in [2.75, 3.05) is 96.9 Å². The largest absolute Gasteiger partial charge is 0.378 e. The molecule has 2 aromatic rings. The molecule has 0 unspecified atom stereocenters. The number of benzene rings is 1. The van der Waals surface area contributed by atoms with E-state index in [2.05, 4.69) is 70.8 Å². The van der Waals surface area contributed by atoms with Gasteiger partial charge in [0.05, 0.1) is 50.9 Å². The molecule has 0 spiro atoms. The summed E-state index contributed by atoms with van der Waals surface area (Å²) in [5.74, 6) is 0. The van der Waals surface area contributed by atoms with Crippen LogP contribution in [0, 0.1) is 36.5 Å². The predicted octanol–water partition coefficient (Wildman–Crippen LogP) is 6.06. The molecule has 0 saturated heterocycles. The summed E-state index contributed by atoms with van der Waals surface area (Å²) < 4.78 is 17.6. The van der Waals surface area contributed by atoms with Crippen LogP contribution in [0.4, 0.5) is 16.4 Å². The molecule has 1 aromatic heterocycles.